The van der Waals surface area contributed by atoms with Crippen LogP contribution < -0.4 is 4.74 Å². The van der Waals surface area contributed by atoms with Crippen molar-refractivity contribution in [2.75, 3.05) is 7.11 Å². The molecule has 0 N–H and O–H groups in total. The van der Waals surface area contributed by atoms with Gasteiger partial charge in [0.1, 0.15) is 11.8 Å². The molecule has 0 amide bonds. The standard InChI is InChI=1S/C25H17N3O/c1-29-21-12-18(19-10-17(14-26)15-27-16-19)11-20(13-21)28-24-8-4-2-6-22(24)23-7-3-5-9-25(23)28/h2-13,15-16H,1H3. The SMILES string of the molecule is COc1cc(-c2cncc(C#N)c2)cc(-n2c3ccccc3c3ccccc32)c1. The number of nitrogens with zero attached hydrogens (tertiary/aromatic N) is 3. The van der Waals surface area contributed by atoms with Crippen LogP contribution in [0.15, 0.2) is 85.2 Å². The summed E-state index contributed by atoms with van der Waals surface area (Å²) < 4.78 is 7.85. The Morgan fingerprint density at radius 2 is 1.52 bits per heavy atom. The van der Waals surface area contributed by atoms with Crippen molar-refractivity contribution >= 4 is 21.8 Å². The molecule has 0 fully saturated rings. The summed E-state index contributed by atoms with van der Waals surface area (Å²) in [4.78, 5) is 4.21. The fourth-order valence-corrected chi connectivity index (χ4v) is 3.86. The van der Waals surface area contributed by atoms with Crippen molar-refractivity contribution in [3.05, 3.63) is 90.8 Å². The molecular formula is C25H17N3O. The Morgan fingerprint density at radius 1 is 0.828 bits per heavy atom. The predicted molar refractivity (Wildman–Crippen MR) is 115 cm³/mol. The van der Waals surface area contributed by atoms with Gasteiger partial charge in [0.05, 0.1) is 29.4 Å². The van der Waals surface area contributed by atoms with Crippen molar-refractivity contribution in [2.45, 2.75) is 0 Å². The average Bonchev–Trinajstić information content (AvgIpc) is 3.13. The summed E-state index contributed by atoms with van der Waals surface area (Å²) >= 11 is 0. The molecule has 5 aromatic rings. The normalized spacial score (nSPS) is 10.9. The topological polar surface area (TPSA) is 50.8 Å². The number of hydrogen-bond donors (Lipinski definition) is 0. The van der Waals surface area contributed by atoms with E-state index >= 15 is 0 Å². The number of methoxy groups -OCH3 is 1. The van der Waals surface area contributed by atoms with Gasteiger partial charge in [0.25, 0.3) is 0 Å². The maximum atomic E-state index is 9.23. The van der Waals surface area contributed by atoms with E-state index in [9.17, 15) is 5.26 Å². The summed E-state index contributed by atoms with van der Waals surface area (Å²) in [6.07, 6.45) is 3.34. The molecule has 29 heavy (non-hydrogen) atoms. The van der Waals surface area contributed by atoms with Crippen molar-refractivity contribution < 1.29 is 4.74 Å². The minimum absolute atomic E-state index is 0.531. The maximum absolute atomic E-state index is 9.23. The summed E-state index contributed by atoms with van der Waals surface area (Å²) in [6, 6.07) is 26.9. The predicted octanol–water partition coefficient (Wildman–Crippen LogP) is 5.73. The quantitative estimate of drug-likeness (QED) is 0.405. The Balaban J connectivity index is 1.82. The zero-order valence-electron chi connectivity index (χ0n) is 15.8. The molecular weight excluding hydrogens is 358 g/mol. The first-order valence-corrected chi connectivity index (χ1v) is 9.31. The highest BCUT2D eigenvalue weighted by atomic mass is 16.5. The third-order valence-corrected chi connectivity index (χ3v) is 5.17. The third-order valence-electron chi connectivity index (χ3n) is 5.17. The van der Waals surface area contributed by atoms with Crippen molar-refractivity contribution in [2.24, 2.45) is 0 Å². The molecule has 0 unspecified atom stereocenters. The number of rotatable bonds is 3. The van der Waals surface area contributed by atoms with Crippen LogP contribution in [-0.4, -0.2) is 16.7 Å². The number of fused-ring (bicyclic) bond motifs is 3. The van der Waals surface area contributed by atoms with Crippen LogP contribution in [0.2, 0.25) is 0 Å². The molecule has 0 saturated heterocycles. The van der Waals surface area contributed by atoms with Crippen molar-refractivity contribution in [3.8, 4) is 28.6 Å². The van der Waals surface area contributed by atoms with E-state index in [-0.39, 0.29) is 0 Å². The Kier molecular flexibility index (Phi) is 4.00. The molecule has 0 aliphatic carbocycles. The number of benzene rings is 3. The molecule has 0 saturated carbocycles. The summed E-state index contributed by atoms with van der Waals surface area (Å²) in [5.41, 5.74) is 5.63. The highest BCUT2D eigenvalue weighted by Gasteiger charge is 2.13. The number of para-hydroxylation sites is 2. The average molecular weight is 375 g/mol. The van der Waals surface area contributed by atoms with Gasteiger partial charge in [0, 0.05) is 34.8 Å². The van der Waals surface area contributed by atoms with E-state index in [4.69, 9.17) is 4.74 Å². The maximum Gasteiger partial charge on any atom is 0.121 e. The molecule has 0 atom stereocenters. The van der Waals surface area contributed by atoms with Crippen molar-refractivity contribution in [3.63, 3.8) is 0 Å². The van der Waals surface area contributed by atoms with Gasteiger partial charge in [-0.25, -0.2) is 0 Å². The molecule has 0 radical (unpaired) electrons. The number of hydrogen-bond acceptors (Lipinski definition) is 3. The van der Waals surface area contributed by atoms with Gasteiger partial charge < -0.3 is 9.30 Å². The van der Waals surface area contributed by atoms with E-state index in [0.717, 1.165) is 33.6 Å². The van der Waals surface area contributed by atoms with Crippen LogP contribution >= 0.6 is 0 Å². The fraction of sp³-hybridized carbons (Fsp3) is 0.0400. The smallest absolute Gasteiger partial charge is 0.121 e. The molecule has 2 heterocycles. The first-order valence-electron chi connectivity index (χ1n) is 9.31. The minimum atomic E-state index is 0.531. The zero-order valence-corrected chi connectivity index (χ0v) is 15.8. The van der Waals surface area contributed by atoms with Gasteiger partial charge in [-0.3, -0.25) is 4.98 Å². The van der Waals surface area contributed by atoms with Crippen LogP contribution in [-0.2, 0) is 0 Å². The van der Waals surface area contributed by atoms with Gasteiger partial charge in [-0.1, -0.05) is 36.4 Å². The summed E-state index contributed by atoms with van der Waals surface area (Å²) in [7, 11) is 1.67. The van der Waals surface area contributed by atoms with E-state index in [1.54, 1.807) is 19.5 Å². The van der Waals surface area contributed by atoms with Crippen LogP contribution in [0.4, 0.5) is 0 Å². The van der Waals surface area contributed by atoms with Crippen molar-refractivity contribution in [1.82, 2.24) is 9.55 Å². The molecule has 138 valence electrons. The Labute approximate surface area is 168 Å². The van der Waals surface area contributed by atoms with E-state index in [2.05, 4.69) is 70.2 Å². The third kappa shape index (κ3) is 2.81. The monoisotopic (exact) mass is 375 g/mol. The molecule has 5 rings (SSSR count). The second-order valence-corrected chi connectivity index (χ2v) is 6.86. The molecule has 0 spiro atoms. The number of pyridine rings is 1. The number of ether oxygens (including phenoxy) is 1. The summed E-state index contributed by atoms with van der Waals surface area (Å²) in [5, 5.41) is 11.7. The van der Waals surface area contributed by atoms with E-state index in [1.807, 2.05) is 18.2 Å². The Morgan fingerprint density at radius 3 is 2.17 bits per heavy atom. The highest BCUT2D eigenvalue weighted by Crippen LogP contribution is 2.35. The van der Waals surface area contributed by atoms with Gasteiger partial charge in [-0.2, -0.15) is 5.26 Å². The number of nitriles is 1. The van der Waals surface area contributed by atoms with Gasteiger partial charge in [-0.15, -0.1) is 0 Å². The number of aromatic nitrogens is 2. The van der Waals surface area contributed by atoms with Gasteiger partial charge in [0.15, 0.2) is 0 Å². The van der Waals surface area contributed by atoms with Crippen LogP contribution in [0.5, 0.6) is 5.75 Å². The Hall–Kier alpha value is -4.10. The lowest BCUT2D eigenvalue weighted by Gasteiger charge is -2.13. The van der Waals surface area contributed by atoms with Gasteiger partial charge in [0.2, 0.25) is 0 Å². The lowest BCUT2D eigenvalue weighted by Crippen LogP contribution is -1.96. The zero-order chi connectivity index (χ0) is 19.8. The van der Waals surface area contributed by atoms with Crippen LogP contribution in [0.1, 0.15) is 5.56 Å². The van der Waals surface area contributed by atoms with Crippen LogP contribution in [0.3, 0.4) is 0 Å². The molecule has 2 aromatic heterocycles. The molecule has 0 aliphatic rings. The minimum Gasteiger partial charge on any atom is -0.497 e. The van der Waals surface area contributed by atoms with E-state index in [0.29, 0.717) is 5.56 Å². The van der Waals surface area contributed by atoms with E-state index in [1.165, 1.54) is 10.8 Å². The van der Waals surface area contributed by atoms with Crippen LogP contribution in [0, 0.1) is 11.3 Å². The second-order valence-electron chi connectivity index (χ2n) is 6.86. The first kappa shape index (κ1) is 17.0. The van der Waals surface area contributed by atoms with Gasteiger partial charge >= 0.3 is 0 Å². The highest BCUT2D eigenvalue weighted by molar-refractivity contribution is 6.09. The largest absolute Gasteiger partial charge is 0.497 e. The molecule has 4 nitrogen and oxygen atoms in total. The summed E-state index contributed by atoms with van der Waals surface area (Å²) in [6.45, 7) is 0. The molecule has 0 bridgehead atoms. The first-order chi connectivity index (χ1) is 14.3. The van der Waals surface area contributed by atoms with Crippen LogP contribution in [0.25, 0.3) is 38.6 Å². The second kappa shape index (κ2) is 6.81. The summed E-state index contributed by atoms with van der Waals surface area (Å²) in [5.74, 6) is 0.752. The van der Waals surface area contributed by atoms with E-state index < -0.39 is 0 Å². The Bertz CT molecular complexity index is 1360. The lowest BCUT2D eigenvalue weighted by atomic mass is 10.0. The molecule has 0 aliphatic heterocycles. The fourth-order valence-electron chi connectivity index (χ4n) is 3.86. The molecule has 3 aromatic carbocycles. The van der Waals surface area contributed by atoms with Crippen molar-refractivity contribution in [1.29, 1.82) is 5.26 Å². The van der Waals surface area contributed by atoms with Gasteiger partial charge in [-0.05, 0) is 35.9 Å². The lowest BCUT2D eigenvalue weighted by molar-refractivity contribution is 0.415. The molecule has 4 heteroatoms.